The van der Waals surface area contributed by atoms with Crippen molar-refractivity contribution in [2.45, 2.75) is 71.1 Å². The Labute approximate surface area is 208 Å². The maximum absolute atomic E-state index is 14.0. The van der Waals surface area contributed by atoms with Crippen LogP contribution in [-0.4, -0.2) is 30.1 Å². The number of hydrogen-bond donors (Lipinski definition) is 1. The molecule has 0 aromatic heterocycles. The molecule has 0 spiro atoms. The molecule has 2 aromatic carbocycles. The van der Waals surface area contributed by atoms with E-state index in [-0.39, 0.29) is 53.9 Å². The molecule has 33 heavy (non-hydrogen) atoms. The third-order valence-corrected chi connectivity index (χ3v) is 8.22. The smallest absolute Gasteiger partial charge is 0.131 e. The first kappa shape index (κ1) is 27.8. The van der Waals surface area contributed by atoms with Crippen molar-refractivity contribution in [2.75, 3.05) is 18.8 Å². The van der Waals surface area contributed by atoms with Gasteiger partial charge in [-0.1, -0.05) is 45.9 Å². The molecule has 0 radical (unpaired) electrons. The molecular weight excluding hydrogens is 465 g/mol. The summed E-state index contributed by atoms with van der Waals surface area (Å²) in [5.41, 5.74) is 10.1. The molecule has 1 heterocycles. The summed E-state index contributed by atoms with van der Waals surface area (Å²) in [5.74, 6) is -1.10. The number of rotatable bonds is 6. The van der Waals surface area contributed by atoms with Crippen LogP contribution < -0.4 is 5.73 Å². The quantitative estimate of drug-likeness (QED) is 0.472. The van der Waals surface area contributed by atoms with Crippen molar-refractivity contribution in [1.82, 2.24) is 4.90 Å². The Morgan fingerprint density at radius 2 is 1.73 bits per heavy atom. The fourth-order valence-corrected chi connectivity index (χ4v) is 5.73. The number of anilines is 1. The van der Waals surface area contributed by atoms with Crippen LogP contribution in [0, 0.1) is 17.0 Å². The summed E-state index contributed by atoms with van der Waals surface area (Å²) in [6, 6.07) is 10.6. The van der Waals surface area contributed by atoms with Gasteiger partial charge in [-0.3, -0.25) is 4.90 Å². The molecule has 1 aliphatic carbocycles. The minimum Gasteiger partial charge on any atom is -0.398 e. The van der Waals surface area contributed by atoms with Gasteiger partial charge < -0.3 is 10.5 Å². The minimum atomic E-state index is -0.552. The van der Waals surface area contributed by atoms with Crippen LogP contribution in [0.2, 0.25) is 0 Å². The zero-order valence-corrected chi connectivity index (χ0v) is 21.5. The highest BCUT2D eigenvalue weighted by Gasteiger charge is 2.56. The molecule has 4 rings (SSSR count). The molecule has 0 saturated carbocycles. The molecule has 0 amide bonds. The summed E-state index contributed by atoms with van der Waals surface area (Å²) in [6.07, 6.45) is 2.66. The van der Waals surface area contributed by atoms with Crippen molar-refractivity contribution < 1.29 is 13.5 Å². The number of nitrogens with zero attached hydrogens (tertiary/aromatic N) is 1. The molecule has 2 aliphatic rings. The average Bonchev–Trinajstić information content (AvgIpc) is 2.71. The Morgan fingerprint density at radius 1 is 1.09 bits per heavy atom. The third-order valence-electron chi connectivity index (χ3n) is 8.22. The van der Waals surface area contributed by atoms with Gasteiger partial charge >= 0.3 is 0 Å². The van der Waals surface area contributed by atoms with E-state index in [9.17, 15) is 8.78 Å². The van der Waals surface area contributed by atoms with Crippen molar-refractivity contribution in [3.63, 3.8) is 0 Å². The van der Waals surface area contributed by atoms with Gasteiger partial charge in [0, 0.05) is 29.3 Å². The Balaban J connectivity index is 0.00000193. The van der Waals surface area contributed by atoms with Crippen molar-refractivity contribution in [2.24, 2.45) is 5.41 Å². The summed E-state index contributed by atoms with van der Waals surface area (Å²) in [4.78, 5) is 2.52. The SMILES string of the molecule is CCC(CN1CCC2(C)c3cccc(N)c3CC1C2(C)C)OCc1c(F)cccc1F.Cl.Cl. The number of halogens is 4. The van der Waals surface area contributed by atoms with Gasteiger partial charge in [-0.2, -0.15) is 0 Å². The Hall–Kier alpha value is -1.40. The van der Waals surface area contributed by atoms with Crippen molar-refractivity contribution in [3.05, 3.63) is 64.7 Å². The molecule has 2 N–H and O–H groups in total. The number of nitrogen functional groups attached to an aromatic ring is 1. The highest BCUT2D eigenvalue weighted by molar-refractivity contribution is 5.85. The van der Waals surface area contributed by atoms with E-state index in [1.165, 1.54) is 29.3 Å². The second kappa shape index (κ2) is 10.5. The largest absolute Gasteiger partial charge is 0.398 e. The van der Waals surface area contributed by atoms with E-state index in [0.29, 0.717) is 6.04 Å². The van der Waals surface area contributed by atoms with Crippen molar-refractivity contribution in [1.29, 1.82) is 0 Å². The zero-order valence-electron chi connectivity index (χ0n) is 19.9. The van der Waals surface area contributed by atoms with Crippen LogP contribution in [0.4, 0.5) is 14.5 Å². The van der Waals surface area contributed by atoms with Gasteiger partial charge in [0.2, 0.25) is 0 Å². The summed E-state index contributed by atoms with van der Waals surface area (Å²) < 4.78 is 34.0. The molecule has 184 valence electrons. The number of hydrogen-bond acceptors (Lipinski definition) is 3. The fraction of sp³-hybridized carbons (Fsp3) is 0.538. The summed E-state index contributed by atoms with van der Waals surface area (Å²) in [5, 5.41) is 0. The van der Waals surface area contributed by atoms with E-state index in [1.807, 2.05) is 6.07 Å². The molecule has 7 heteroatoms. The van der Waals surface area contributed by atoms with Gasteiger partial charge in [-0.05, 0) is 60.5 Å². The third kappa shape index (κ3) is 4.75. The Kier molecular flexibility index (Phi) is 8.83. The average molecular weight is 501 g/mol. The minimum absolute atomic E-state index is 0. The Morgan fingerprint density at radius 3 is 2.36 bits per heavy atom. The van der Waals surface area contributed by atoms with E-state index in [2.05, 4.69) is 44.7 Å². The van der Waals surface area contributed by atoms with E-state index in [1.54, 1.807) is 0 Å². The number of ether oxygens (including phenoxy) is 1. The second-order valence-electron chi connectivity index (χ2n) is 9.93. The summed E-state index contributed by atoms with van der Waals surface area (Å²) >= 11 is 0. The molecule has 2 bridgehead atoms. The van der Waals surface area contributed by atoms with Crippen LogP contribution in [0.25, 0.3) is 0 Å². The molecule has 3 atom stereocenters. The number of fused-ring (bicyclic) bond motifs is 4. The second-order valence-corrected chi connectivity index (χ2v) is 9.93. The highest BCUT2D eigenvalue weighted by Crippen LogP contribution is 2.56. The van der Waals surface area contributed by atoms with E-state index >= 15 is 0 Å². The van der Waals surface area contributed by atoms with Crippen LogP contribution in [0.5, 0.6) is 0 Å². The fourth-order valence-electron chi connectivity index (χ4n) is 5.73. The zero-order chi connectivity index (χ0) is 22.4. The normalized spacial score (nSPS) is 24.2. The lowest BCUT2D eigenvalue weighted by Gasteiger charge is -2.61. The first-order valence-electron chi connectivity index (χ1n) is 11.4. The monoisotopic (exact) mass is 500 g/mol. The van der Waals surface area contributed by atoms with Crippen molar-refractivity contribution >= 4 is 30.5 Å². The van der Waals surface area contributed by atoms with Crippen LogP contribution in [0.15, 0.2) is 36.4 Å². The van der Waals surface area contributed by atoms with Crippen LogP contribution >= 0.6 is 24.8 Å². The van der Waals surface area contributed by atoms with Crippen molar-refractivity contribution in [3.8, 4) is 0 Å². The molecular formula is C26H36Cl2F2N2O. The summed E-state index contributed by atoms with van der Waals surface area (Å²) in [6.45, 7) is 10.9. The first-order chi connectivity index (χ1) is 14.7. The van der Waals surface area contributed by atoms with Gasteiger partial charge in [0.1, 0.15) is 11.6 Å². The van der Waals surface area contributed by atoms with Crippen LogP contribution in [0.3, 0.4) is 0 Å². The predicted octanol–water partition coefficient (Wildman–Crippen LogP) is 6.30. The van der Waals surface area contributed by atoms with Crippen LogP contribution in [0.1, 0.15) is 57.2 Å². The van der Waals surface area contributed by atoms with Gasteiger partial charge in [-0.25, -0.2) is 8.78 Å². The lowest BCUT2D eigenvalue weighted by atomic mass is 9.51. The first-order valence-corrected chi connectivity index (χ1v) is 11.4. The lowest BCUT2D eigenvalue weighted by Crippen LogP contribution is -2.64. The predicted molar refractivity (Wildman–Crippen MR) is 135 cm³/mol. The number of benzene rings is 2. The number of piperidine rings is 1. The number of nitrogens with two attached hydrogens (primary N) is 1. The lowest BCUT2D eigenvalue weighted by molar-refractivity contribution is -0.0694. The van der Waals surface area contributed by atoms with E-state index in [0.717, 1.165) is 38.0 Å². The standard InChI is InChI=1S/C26H34F2N2O.2ClH/c1-5-17(31-16-19-21(27)9-7-10-22(19)28)15-30-13-12-26(4)20-8-6-11-23(29)18(20)14-24(30)25(26,2)3;;/h6-11,17,24H,5,12-16,29H2,1-4H3;2*1H. The maximum atomic E-state index is 14.0. The van der Waals surface area contributed by atoms with Gasteiger partial charge in [-0.15, -0.1) is 24.8 Å². The molecule has 3 nitrogen and oxygen atoms in total. The van der Waals surface area contributed by atoms with Gasteiger partial charge in [0.25, 0.3) is 0 Å². The van der Waals surface area contributed by atoms with Gasteiger partial charge in [0.05, 0.1) is 12.7 Å². The van der Waals surface area contributed by atoms with E-state index in [4.69, 9.17) is 10.5 Å². The highest BCUT2D eigenvalue weighted by atomic mass is 35.5. The Bertz CT molecular complexity index is 951. The molecule has 1 fully saturated rings. The molecule has 2 aromatic rings. The van der Waals surface area contributed by atoms with Crippen LogP contribution in [-0.2, 0) is 23.2 Å². The molecule has 1 saturated heterocycles. The van der Waals surface area contributed by atoms with Gasteiger partial charge in [0.15, 0.2) is 0 Å². The topological polar surface area (TPSA) is 38.5 Å². The van der Waals surface area contributed by atoms with E-state index < -0.39 is 11.6 Å². The summed E-state index contributed by atoms with van der Waals surface area (Å²) in [7, 11) is 0. The molecule has 1 aliphatic heterocycles. The number of likely N-dealkylation sites (tertiary alicyclic amines) is 1. The maximum Gasteiger partial charge on any atom is 0.131 e. The molecule has 3 unspecified atom stereocenters.